The second-order valence-electron chi connectivity index (χ2n) is 11.1. The first kappa shape index (κ1) is 46.3. The molecule has 0 spiro atoms. The molecule has 0 aromatic heterocycles. The first-order chi connectivity index (χ1) is 25.3. The molecule has 1 N–H and O–H groups in total. The summed E-state index contributed by atoms with van der Waals surface area (Å²) in [5.41, 5.74) is 2.38. The molecule has 0 aliphatic heterocycles. The summed E-state index contributed by atoms with van der Waals surface area (Å²) in [5, 5.41) is 11.8. The van der Waals surface area contributed by atoms with Gasteiger partial charge in [0.1, 0.15) is 28.6 Å². The summed E-state index contributed by atoms with van der Waals surface area (Å²) >= 11 is 3.42. The summed E-state index contributed by atoms with van der Waals surface area (Å²) in [6, 6.07) is 48.0. The molecule has 0 aliphatic carbocycles. The fraction of sp³-hybridized carbons (Fsp3) is 0.159. The van der Waals surface area contributed by atoms with Crippen LogP contribution in [0.3, 0.4) is 0 Å². The van der Waals surface area contributed by atoms with E-state index in [9.17, 15) is 9.90 Å². The van der Waals surface area contributed by atoms with Gasteiger partial charge >= 0.3 is 23.1 Å². The van der Waals surface area contributed by atoms with Gasteiger partial charge in [0.05, 0.1) is 28.4 Å². The first-order valence-corrected chi connectivity index (χ1v) is 18.7. The Kier molecular flexibility index (Phi) is 20.4. The zero-order valence-electron chi connectivity index (χ0n) is 31.2. The number of hydrogen-bond acceptors (Lipinski definition) is 8. The summed E-state index contributed by atoms with van der Waals surface area (Å²) in [6.45, 7) is 0. The van der Waals surface area contributed by atoms with Crippen molar-refractivity contribution in [3.8, 4) is 23.0 Å². The molecule has 54 heavy (non-hydrogen) atoms. The topological polar surface area (TPSA) is 74.2 Å². The quantitative estimate of drug-likeness (QED) is 0.0524. The molecule has 0 atom stereocenters. The third-order valence-electron chi connectivity index (χ3n) is 8.15. The van der Waals surface area contributed by atoms with Crippen LogP contribution in [-0.4, -0.2) is 74.9 Å². The first-order valence-electron chi connectivity index (χ1n) is 16.3. The van der Waals surface area contributed by atoms with E-state index in [4.69, 9.17) is 18.9 Å². The Morgan fingerprint density at radius 2 is 0.778 bits per heavy atom. The summed E-state index contributed by atoms with van der Waals surface area (Å²) in [5.74, 6) is 2.97. The van der Waals surface area contributed by atoms with Crippen molar-refractivity contribution >= 4 is 52.4 Å². The average Bonchev–Trinajstić information content (AvgIpc) is 3.24. The van der Waals surface area contributed by atoms with Gasteiger partial charge in [-0.15, -0.1) is 16.7 Å². The maximum atomic E-state index is 12.2. The van der Waals surface area contributed by atoms with Gasteiger partial charge in [0, 0.05) is 16.0 Å². The Morgan fingerprint density at radius 1 is 0.500 bits per heavy atom. The van der Waals surface area contributed by atoms with Crippen LogP contribution in [0.1, 0.15) is 32.6 Å². The van der Waals surface area contributed by atoms with E-state index in [1.807, 2.05) is 103 Å². The molecule has 0 aliphatic rings. The van der Waals surface area contributed by atoms with Crippen LogP contribution < -0.4 is 35.9 Å². The fourth-order valence-corrected chi connectivity index (χ4v) is 5.97. The Labute approximate surface area is 354 Å². The van der Waals surface area contributed by atoms with Crippen molar-refractivity contribution in [2.75, 3.05) is 41.0 Å². The van der Waals surface area contributed by atoms with Crippen molar-refractivity contribution in [3.63, 3.8) is 0 Å². The molecule has 0 bridgehead atoms. The third kappa shape index (κ3) is 12.6. The van der Waals surface area contributed by atoms with Crippen LogP contribution in [0.5, 0.6) is 23.0 Å². The van der Waals surface area contributed by atoms with E-state index in [0.29, 0.717) is 11.1 Å². The van der Waals surface area contributed by atoms with Crippen molar-refractivity contribution < 1.29 is 45.8 Å². The van der Waals surface area contributed by atoms with E-state index in [1.54, 1.807) is 100 Å². The number of rotatable bonds is 11. The summed E-state index contributed by atoms with van der Waals surface area (Å²) in [7, 11) is 6.46. The number of carbonyl (C=O) groups excluding carboxylic acids is 1. The molecule has 10 heteroatoms. The van der Waals surface area contributed by atoms with Crippen molar-refractivity contribution in [2.24, 2.45) is 0 Å². The third-order valence-corrected chi connectivity index (χ3v) is 9.64. The second-order valence-corrected chi connectivity index (χ2v) is 12.9. The second kappa shape index (κ2) is 23.8. The number of hydrogen-bond donors (Lipinski definition) is 1. The molecule has 6 aromatic rings. The van der Waals surface area contributed by atoms with E-state index in [2.05, 4.69) is 12.3 Å². The number of aliphatic hydroxyl groups is 1. The number of carbonyl (C=O) groups is 1. The smallest absolute Gasteiger partial charge is 1.00 e. The maximum Gasteiger partial charge on any atom is 2.00 e. The Bertz CT molecular complexity index is 1780. The normalized spacial score (nSPS) is 10.1. The fourth-order valence-electron chi connectivity index (χ4n) is 5.16. The average molecular weight is 836 g/mol. The van der Waals surface area contributed by atoms with Gasteiger partial charge in [0.2, 0.25) is 0 Å². The predicted octanol–water partition coefficient (Wildman–Crippen LogP) is 6.48. The predicted molar refractivity (Wildman–Crippen MR) is 219 cm³/mol. The Morgan fingerprint density at radius 3 is 1.06 bits per heavy atom. The number of methoxy groups -OCH3 is 4. The maximum absolute atomic E-state index is 12.2. The molecule has 0 unspecified atom stereocenters. The van der Waals surface area contributed by atoms with Gasteiger partial charge in [-0.05, 0) is 114 Å². The van der Waals surface area contributed by atoms with Gasteiger partial charge in [-0.3, -0.25) is 4.79 Å². The summed E-state index contributed by atoms with van der Waals surface area (Å²) in [6.07, 6.45) is 4.10. The molecule has 6 aromatic carbocycles. The molecule has 0 amide bonds. The molecule has 6 rings (SSSR count). The minimum Gasteiger partial charge on any atom is -1.00 e. The zero-order chi connectivity index (χ0) is 37.3. The van der Waals surface area contributed by atoms with E-state index in [0.717, 1.165) is 44.6 Å². The minimum atomic E-state index is -1.27. The van der Waals surface area contributed by atoms with Crippen LogP contribution in [0, 0.1) is 6.07 Å². The molecule has 0 saturated carbocycles. The van der Waals surface area contributed by atoms with E-state index in [1.165, 1.54) is 4.90 Å². The molecular weight excluding hydrogens is 793 g/mol. The standard InChI is InChI=1S/C22H22O3S.C15H14O3.C7H7S.BrH.Mg/c1-24-19-10-4-16(5-11-19)22(23,17-6-12-20(25-2)13-7-17)18-8-14-21(26-3)15-9-18;1-17-13-7-3-11(4-8-13)15(16)12-5-9-14(18-2)10-6-12;1-8-7-5-3-2-4-6-7;;/h4-15,23H,1-3H3;3-10H,1-2H3;3-6H,1H3;1H;/q;;-1;;+2/p-1. The van der Waals surface area contributed by atoms with E-state index in [-0.39, 0.29) is 45.8 Å². The van der Waals surface area contributed by atoms with Crippen LogP contribution in [0.4, 0.5) is 0 Å². The largest absolute Gasteiger partial charge is 2.00 e. The van der Waals surface area contributed by atoms with Crippen LogP contribution in [-0.2, 0) is 5.60 Å². The summed E-state index contributed by atoms with van der Waals surface area (Å²) in [4.78, 5) is 14.6. The van der Waals surface area contributed by atoms with Gasteiger partial charge < -0.3 is 41.0 Å². The minimum absolute atomic E-state index is 0. The molecule has 0 radical (unpaired) electrons. The molecule has 276 valence electrons. The van der Waals surface area contributed by atoms with E-state index >= 15 is 0 Å². The van der Waals surface area contributed by atoms with Crippen LogP contribution in [0.15, 0.2) is 155 Å². The number of ketones is 1. The Hall–Kier alpha value is -3.90. The number of thioether (sulfide) groups is 2. The Balaban J connectivity index is 0.000000312. The molecule has 6 nitrogen and oxygen atoms in total. The van der Waals surface area contributed by atoms with Gasteiger partial charge in [-0.1, -0.05) is 36.4 Å². The van der Waals surface area contributed by atoms with Crippen molar-refractivity contribution in [1.82, 2.24) is 0 Å². The van der Waals surface area contributed by atoms with Crippen molar-refractivity contribution in [3.05, 3.63) is 179 Å². The van der Waals surface area contributed by atoms with Gasteiger partial charge in [-0.25, -0.2) is 0 Å². The number of ether oxygens (including phenoxy) is 4. The van der Waals surface area contributed by atoms with E-state index < -0.39 is 5.60 Å². The molecule has 0 fully saturated rings. The van der Waals surface area contributed by atoms with Gasteiger partial charge in [0.15, 0.2) is 5.78 Å². The molecular formula is C44H43BrMgO6S2. The van der Waals surface area contributed by atoms with Crippen LogP contribution in [0.2, 0.25) is 0 Å². The van der Waals surface area contributed by atoms with Gasteiger partial charge in [0.25, 0.3) is 0 Å². The number of benzene rings is 6. The molecule has 0 saturated heterocycles. The van der Waals surface area contributed by atoms with Crippen molar-refractivity contribution in [1.29, 1.82) is 0 Å². The summed E-state index contributed by atoms with van der Waals surface area (Å²) < 4.78 is 20.6. The van der Waals surface area contributed by atoms with Crippen LogP contribution in [0.25, 0.3) is 0 Å². The monoisotopic (exact) mass is 834 g/mol. The van der Waals surface area contributed by atoms with Gasteiger partial charge in [-0.2, -0.15) is 42.1 Å². The van der Waals surface area contributed by atoms with Crippen molar-refractivity contribution in [2.45, 2.75) is 15.4 Å². The zero-order valence-corrected chi connectivity index (χ0v) is 35.9. The SMILES string of the molecule is COc1ccc(C(=O)c2ccc(OC)cc2)cc1.COc1ccc(C(O)(c2ccc(OC)cc2)c2ccc(SC)cc2)cc1.CSc1cc[c-]cc1.[Br-].[Mg+2]. The molecule has 0 heterocycles. The van der Waals surface area contributed by atoms with Crippen LogP contribution >= 0.6 is 23.5 Å². The number of halogens is 1.